The Morgan fingerprint density at radius 3 is 2.76 bits per heavy atom. The first kappa shape index (κ1) is 16.5. The van der Waals surface area contributed by atoms with Crippen LogP contribution in [-0.4, -0.2) is 20.7 Å². The molecule has 0 radical (unpaired) electrons. The zero-order valence-electron chi connectivity index (χ0n) is 13.9. The van der Waals surface area contributed by atoms with E-state index in [1.165, 1.54) is 6.07 Å². The number of anilines is 1. The second-order valence-electron chi connectivity index (χ2n) is 5.77. The predicted octanol–water partition coefficient (Wildman–Crippen LogP) is 4.07. The molecule has 3 aromatic rings. The zero-order valence-corrected chi connectivity index (χ0v) is 13.9. The number of fused-ring (bicyclic) bond motifs is 1. The van der Waals surface area contributed by atoms with E-state index in [1.807, 2.05) is 6.92 Å². The Labute approximate surface area is 144 Å². The minimum Gasteiger partial charge on any atom is -0.494 e. The minimum absolute atomic E-state index is 0.0125. The third-order valence-electron chi connectivity index (χ3n) is 4.11. The largest absolute Gasteiger partial charge is 0.494 e. The maximum Gasteiger partial charge on any atom is 0.274 e. The molecule has 0 fully saturated rings. The van der Waals surface area contributed by atoms with Crippen molar-refractivity contribution in [1.29, 1.82) is 0 Å². The molecule has 0 amide bonds. The lowest BCUT2D eigenvalue weighted by Gasteiger charge is -2.04. The van der Waals surface area contributed by atoms with Crippen LogP contribution >= 0.6 is 0 Å². The quantitative estimate of drug-likeness (QED) is 0.287. The number of nitro benzene ring substituents is 1. The Kier molecular flexibility index (Phi) is 4.14. The normalized spacial score (nSPS) is 11.8. The number of H-pyrrole nitrogens is 1. The number of hydrogen-bond donors (Lipinski definition) is 3. The highest BCUT2D eigenvalue weighted by molar-refractivity contribution is 6.13. The Balaban J connectivity index is 2.11. The summed E-state index contributed by atoms with van der Waals surface area (Å²) in [7, 11) is 0. The number of nitrogens with one attached hydrogen (secondary N) is 1. The number of nitrogens with zero attached hydrogens (tertiary/aromatic N) is 2. The van der Waals surface area contributed by atoms with Crippen LogP contribution in [0.3, 0.4) is 0 Å². The topological polar surface area (TPSA) is 118 Å². The first-order valence-electron chi connectivity index (χ1n) is 7.83. The van der Waals surface area contributed by atoms with Gasteiger partial charge in [-0.2, -0.15) is 0 Å². The van der Waals surface area contributed by atoms with E-state index in [9.17, 15) is 15.2 Å². The van der Waals surface area contributed by atoms with Crippen molar-refractivity contribution < 1.29 is 10.0 Å². The summed E-state index contributed by atoms with van der Waals surface area (Å²) >= 11 is 0. The van der Waals surface area contributed by atoms with Crippen molar-refractivity contribution >= 4 is 33.7 Å². The van der Waals surface area contributed by atoms with E-state index in [0.29, 0.717) is 34.6 Å². The molecule has 0 spiro atoms. The van der Waals surface area contributed by atoms with Gasteiger partial charge in [0.25, 0.3) is 5.69 Å². The molecular formula is C18H18N4O3. The molecule has 0 aliphatic rings. The molecule has 0 atom stereocenters. The molecule has 4 N–H and O–H groups in total. The highest BCUT2D eigenvalue weighted by Crippen LogP contribution is 2.31. The second kappa shape index (κ2) is 6.27. The van der Waals surface area contributed by atoms with E-state index in [0.717, 1.165) is 10.9 Å². The van der Waals surface area contributed by atoms with E-state index >= 15 is 0 Å². The third kappa shape index (κ3) is 3.03. The third-order valence-corrected chi connectivity index (χ3v) is 4.11. The summed E-state index contributed by atoms with van der Waals surface area (Å²) in [6, 6.07) is 10.2. The Hall–Kier alpha value is -3.35. The van der Waals surface area contributed by atoms with Crippen molar-refractivity contribution in [2.24, 2.45) is 4.99 Å². The fourth-order valence-electron chi connectivity index (χ4n) is 2.90. The van der Waals surface area contributed by atoms with Crippen LogP contribution in [0.15, 0.2) is 41.4 Å². The molecule has 0 saturated heterocycles. The van der Waals surface area contributed by atoms with Crippen LogP contribution < -0.4 is 5.73 Å². The molecule has 128 valence electrons. The summed E-state index contributed by atoms with van der Waals surface area (Å²) in [5.74, 6) is -0.0125. The highest BCUT2D eigenvalue weighted by atomic mass is 16.6. The standard InChI is InChI=1S/C18H18N4O3/c1-3-11-4-6-13(9-16(11)22(24)25)20-10(2)17-14-8-12(19)5-7-15(14)21-18(17)23/h4-9,21,23H,3,19H2,1-2H3. The average molecular weight is 338 g/mol. The number of aliphatic imine (C=N–C) groups is 1. The fourth-order valence-corrected chi connectivity index (χ4v) is 2.90. The van der Waals surface area contributed by atoms with Crippen molar-refractivity contribution in [2.45, 2.75) is 20.3 Å². The molecule has 1 heterocycles. The Morgan fingerprint density at radius 1 is 1.32 bits per heavy atom. The number of nitro groups is 1. The van der Waals surface area contributed by atoms with E-state index in [-0.39, 0.29) is 11.6 Å². The van der Waals surface area contributed by atoms with Gasteiger partial charge in [0.05, 0.1) is 21.9 Å². The molecule has 0 unspecified atom stereocenters. The Morgan fingerprint density at radius 2 is 2.08 bits per heavy atom. The van der Waals surface area contributed by atoms with Gasteiger partial charge >= 0.3 is 0 Å². The van der Waals surface area contributed by atoms with Crippen molar-refractivity contribution in [3.63, 3.8) is 0 Å². The fraction of sp³-hybridized carbons (Fsp3) is 0.167. The van der Waals surface area contributed by atoms with Crippen LogP contribution in [0, 0.1) is 10.1 Å². The van der Waals surface area contributed by atoms with E-state index in [2.05, 4.69) is 9.98 Å². The molecule has 7 nitrogen and oxygen atoms in total. The molecule has 7 heteroatoms. The van der Waals surface area contributed by atoms with Gasteiger partial charge in [0.15, 0.2) is 5.88 Å². The number of aromatic amines is 1. The molecule has 0 aliphatic heterocycles. The zero-order chi connectivity index (χ0) is 18.1. The number of nitrogens with two attached hydrogens (primary N) is 1. The summed E-state index contributed by atoms with van der Waals surface area (Å²) in [5.41, 5.74) is 9.37. The molecule has 25 heavy (non-hydrogen) atoms. The van der Waals surface area contributed by atoms with Crippen LogP contribution in [0.1, 0.15) is 25.0 Å². The summed E-state index contributed by atoms with van der Waals surface area (Å²) < 4.78 is 0. The number of hydrogen-bond acceptors (Lipinski definition) is 5. The van der Waals surface area contributed by atoms with Crippen molar-refractivity contribution in [1.82, 2.24) is 4.98 Å². The van der Waals surface area contributed by atoms with Crippen LogP contribution in [0.2, 0.25) is 0 Å². The summed E-state index contributed by atoms with van der Waals surface area (Å²) in [4.78, 5) is 18.1. The van der Waals surface area contributed by atoms with Gasteiger partial charge < -0.3 is 15.8 Å². The number of aromatic hydroxyl groups is 1. The van der Waals surface area contributed by atoms with Crippen molar-refractivity contribution in [3.8, 4) is 5.88 Å². The SMILES string of the molecule is CCc1ccc(N=C(C)c2c(O)[nH]c3ccc(N)cc23)cc1[N+](=O)[O-]. The van der Waals surface area contributed by atoms with E-state index < -0.39 is 4.92 Å². The lowest BCUT2D eigenvalue weighted by Crippen LogP contribution is -1.96. The molecule has 3 rings (SSSR count). The number of benzene rings is 2. The van der Waals surface area contributed by atoms with Gasteiger partial charge in [-0.25, -0.2) is 0 Å². The van der Waals surface area contributed by atoms with Gasteiger partial charge in [-0.1, -0.05) is 13.0 Å². The minimum atomic E-state index is -0.406. The van der Waals surface area contributed by atoms with Crippen molar-refractivity contribution in [2.75, 3.05) is 5.73 Å². The lowest BCUT2D eigenvalue weighted by molar-refractivity contribution is -0.385. The van der Waals surface area contributed by atoms with Gasteiger partial charge in [0.2, 0.25) is 0 Å². The monoisotopic (exact) mass is 338 g/mol. The number of nitrogen functional groups attached to an aromatic ring is 1. The van der Waals surface area contributed by atoms with Crippen LogP contribution in [0.25, 0.3) is 10.9 Å². The van der Waals surface area contributed by atoms with Gasteiger partial charge in [0.1, 0.15) is 0 Å². The van der Waals surface area contributed by atoms with Gasteiger partial charge in [-0.3, -0.25) is 15.1 Å². The number of rotatable bonds is 4. The highest BCUT2D eigenvalue weighted by Gasteiger charge is 2.16. The van der Waals surface area contributed by atoms with E-state index in [4.69, 9.17) is 5.73 Å². The van der Waals surface area contributed by atoms with Gasteiger partial charge in [-0.05, 0) is 37.6 Å². The molecule has 0 aliphatic carbocycles. The number of aromatic nitrogens is 1. The maximum atomic E-state index is 11.2. The summed E-state index contributed by atoms with van der Waals surface area (Å²) in [6.45, 7) is 3.61. The Bertz CT molecular complexity index is 1000. The van der Waals surface area contributed by atoms with Crippen LogP contribution in [0.4, 0.5) is 17.1 Å². The maximum absolute atomic E-state index is 11.2. The van der Waals surface area contributed by atoms with Crippen LogP contribution in [-0.2, 0) is 6.42 Å². The molecule has 1 aromatic heterocycles. The first-order chi connectivity index (χ1) is 11.9. The van der Waals surface area contributed by atoms with E-state index in [1.54, 1.807) is 37.3 Å². The van der Waals surface area contributed by atoms with Crippen LogP contribution in [0.5, 0.6) is 5.88 Å². The summed E-state index contributed by atoms with van der Waals surface area (Å²) in [5, 5.41) is 22.2. The predicted molar refractivity (Wildman–Crippen MR) is 98.7 cm³/mol. The molecular weight excluding hydrogens is 320 g/mol. The van der Waals surface area contributed by atoms with Crippen molar-refractivity contribution in [3.05, 3.63) is 57.6 Å². The summed E-state index contributed by atoms with van der Waals surface area (Å²) in [6.07, 6.45) is 0.571. The average Bonchev–Trinajstić information content (AvgIpc) is 2.89. The molecule has 2 aromatic carbocycles. The smallest absolute Gasteiger partial charge is 0.274 e. The second-order valence-corrected chi connectivity index (χ2v) is 5.77. The number of aryl methyl sites for hydroxylation is 1. The molecule has 0 bridgehead atoms. The van der Waals surface area contributed by atoms with Gasteiger partial charge in [-0.15, -0.1) is 0 Å². The lowest BCUT2D eigenvalue weighted by atomic mass is 10.1. The first-order valence-corrected chi connectivity index (χ1v) is 7.83. The van der Waals surface area contributed by atoms with Gasteiger partial charge in [0, 0.05) is 28.2 Å². The molecule has 0 saturated carbocycles.